The quantitative estimate of drug-likeness (QED) is 0.833. The van der Waals surface area contributed by atoms with Gasteiger partial charge >= 0.3 is 0 Å². The van der Waals surface area contributed by atoms with Gasteiger partial charge in [-0.05, 0) is 24.7 Å². The first-order valence-electron chi connectivity index (χ1n) is 7.05. The molecule has 21 heavy (non-hydrogen) atoms. The maximum atomic E-state index is 12.1. The van der Waals surface area contributed by atoms with E-state index in [1.165, 1.54) is 0 Å². The highest BCUT2D eigenvalue weighted by molar-refractivity contribution is 5.84. The second-order valence-electron chi connectivity index (χ2n) is 5.40. The number of carbonyl (C=O) groups is 2. The number of Topliss-reactive ketones (excluding diaryl/α,β-unsaturated/α-hetero) is 1. The van der Waals surface area contributed by atoms with Crippen LogP contribution in [0.15, 0.2) is 24.3 Å². The fourth-order valence-electron chi connectivity index (χ4n) is 2.44. The minimum absolute atomic E-state index is 0.0569. The van der Waals surface area contributed by atoms with Crippen LogP contribution in [-0.2, 0) is 16.1 Å². The van der Waals surface area contributed by atoms with Crippen LogP contribution in [0.1, 0.15) is 24.0 Å². The van der Waals surface area contributed by atoms with Crippen molar-refractivity contribution < 1.29 is 9.59 Å². The van der Waals surface area contributed by atoms with E-state index in [1.807, 2.05) is 30.1 Å². The van der Waals surface area contributed by atoms with Crippen molar-refractivity contribution in [2.45, 2.75) is 19.4 Å². The SMILES string of the molecule is CN(CC(=O)N1CCC(=O)CC1)Cc1cccc(C#N)c1. The van der Waals surface area contributed by atoms with Crippen molar-refractivity contribution in [1.29, 1.82) is 5.26 Å². The Balaban J connectivity index is 1.86. The maximum Gasteiger partial charge on any atom is 0.236 e. The van der Waals surface area contributed by atoms with E-state index in [-0.39, 0.29) is 11.7 Å². The molecule has 110 valence electrons. The topological polar surface area (TPSA) is 64.4 Å². The van der Waals surface area contributed by atoms with Crippen LogP contribution >= 0.6 is 0 Å². The number of piperidine rings is 1. The molecule has 1 aliphatic heterocycles. The third-order valence-corrected chi connectivity index (χ3v) is 3.59. The van der Waals surface area contributed by atoms with Gasteiger partial charge in [0, 0.05) is 32.5 Å². The molecule has 1 aromatic carbocycles. The Morgan fingerprint density at radius 1 is 1.38 bits per heavy atom. The Hall–Kier alpha value is -2.19. The second-order valence-corrected chi connectivity index (χ2v) is 5.40. The molecule has 1 heterocycles. The van der Waals surface area contributed by atoms with Crippen molar-refractivity contribution in [3.63, 3.8) is 0 Å². The van der Waals surface area contributed by atoms with Crippen LogP contribution in [-0.4, -0.2) is 48.2 Å². The van der Waals surface area contributed by atoms with Crippen LogP contribution < -0.4 is 0 Å². The summed E-state index contributed by atoms with van der Waals surface area (Å²) in [5, 5.41) is 8.88. The average molecular weight is 285 g/mol. The van der Waals surface area contributed by atoms with Gasteiger partial charge in [0.05, 0.1) is 18.2 Å². The molecule has 0 radical (unpaired) electrons. The van der Waals surface area contributed by atoms with E-state index in [2.05, 4.69) is 6.07 Å². The van der Waals surface area contributed by atoms with Crippen molar-refractivity contribution in [1.82, 2.24) is 9.80 Å². The molecule has 1 aliphatic rings. The highest BCUT2D eigenvalue weighted by Gasteiger charge is 2.21. The van der Waals surface area contributed by atoms with Crippen molar-refractivity contribution in [2.75, 3.05) is 26.7 Å². The van der Waals surface area contributed by atoms with Gasteiger partial charge in [0.15, 0.2) is 0 Å². The molecule has 5 heteroatoms. The molecule has 0 atom stereocenters. The Bertz CT molecular complexity index is 567. The number of carbonyl (C=O) groups excluding carboxylic acids is 2. The number of ketones is 1. The molecule has 0 aromatic heterocycles. The molecule has 1 amide bonds. The van der Waals surface area contributed by atoms with E-state index < -0.39 is 0 Å². The third kappa shape index (κ3) is 4.40. The van der Waals surface area contributed by atoms with Crippen LogP contribution in [0.4, 0.5) is 0 Å². The van der Waals surface area contributed by atoms with E-state index >= 15 is 0 Å². The summed E-state index contributed by atoms with van der Waals surface area (Å²) in [5.41, 5.74) is 1.64. The van der Waals surface area contributed by atoms with Gasteiger partial charge in [-0.1, -0.05) is 12.1 Å². The van der Waals surface area contributed by atoms with Crippen LogP contribution in [0.3, 0.4) is 0 Å². The fourth-order valence-corrected chi connectivity index (χ4v) is 2.44. The van der Waals surface area contributed by atoms with Gasteiger partial charge in [0.1, 0.15) is 5.78 Å². The monoisotopic (exact) mass is 285 g/mol. The molecule has 0 unspecified atom stereocenters. The minimum atomic E-state index is 0.0569. The molecule has 2 rings (SSSR count). The summed E-state index contributed by atoms with van der Waals surface area (Å²) in [6, 6.07) is 9.50. The van der Waals surface area contributed by atoms with Crippen LogP contribution in [0.2, 0.25) is 0 Å². The lowest BCUT2D eigenvalue weighted by molar-refractivity contribution is -0.135. The maximum absolute atomic E-state index is 12.1. The first kappa shape index (κ1) is 15.2. The average Bonchev–Trinajstić information content (AvgIpc) is 2.47. The molecular weight excluding hydrogens is 266 g/mol. The molecule has 0 aliphatic carbocycles. The van der Waals surface area contributed by atoms with Gasteiger partial charge in [-0.25, -0.2) is 0 Å². The number of nitriles is 1. The number of hydrogen-bond acceptors (Lipinski definition) is 4. The molecule has 0 bridgehead atoms. The molecule has 1 fully saturated rings. The number of likely N-dealkylation sites (N-methyl/N-ethyl adjacent to an activating group) is 1. The summed E-state index contributed by atoms with van der Waals surface area (Å²) in [4.78, 5) is 27.0. The Morgan fingerprint density at radius 3 is 2.76 bits per heavy atom. The first-order chi connectivity index (χ1) is 10.1. The number of likely N-dealkylation sites (tertiary alicyclic amines) is 1. The van der Waals surface area contributed by atoms with Gasteiger partial charge < -0.3 is 4.90 Å². The molecule has 5 nitrogen and oxygen atoms in total. The van der Waals surface area contributed by atoms with Gasteiger partial charge in [-0.2, -0.15) is 5.26 Å². The van der Waals surface area contributed by atoms with E-state index in [0.29, 0.717) is 44.6 Å². The fraction of sp³-hybridized carbons (Fsp3) is 0.438. The zero-order valence-electron chi connectivity index (χ0n) is 12.2. The third-order valence-electron chi connectivity index (χ3n) is 3.59. The molecular formula is C16H19N3O2. The summed E-state index contributed by atoms with van der Waals surface area (Å²) in [6.07, 6.45) is 0.944. The zero-order chi connectivity index (χ0) is 15.2. The standard InChI is InChI=1S/C16H19N3O2/c1-18(11-14-4-2-3-13(9-14)10-17)12-16(21)19-7-5-15(20)6-8-19/h2-4,9H,5-8,11-12H2,1H3. The van der Waals surface area contributed by atoms with E-state index in [4.69, 9.17) is 5.26 Å². The van der Waals surface area contributed by atoms with Crippen molar-refractivity contribution >= 4 is 11.7 Å². The van der Waals surface area contributed by atoms with Crippen LogP contribution in [0, 0.1) is 11.3 Å². The number of rotatable bonds is 4. The zero-order valence-corrected chi connectivity index (χ0v) is 12.2. The highest BCUT2D eigenvalue weighted by atomic mass is 16.2. The molecule has 1 saturated heterocycles. The summed E-state index contributed by atoms with van der Waals surface area (Å²) in [6.45, 7) is 2.02. The lowest BCUT2D eigenvalue weighted by Crippen LogP contribution is -2.43. The Morgan fingerprint density at radius 2 is 2.10 bits per heavy atom. The van der Waals surface area contributed by atoms with Crippen molar-refractivity contribution in [3.05, 3.63) is 35.4 Å². The Kier molecular flexibility index (Phi) is 5.07. The van der Waals surface area contributed by atoms with Crippen LogP contribution in [0.5, 0.6) is 0 Å². The van der Waals surface area contributed by atoms with Crippen molar-refractivity contribution in [2.24, 2.45) is 0 Å². The summed E-state index contributed by atoms with van der Waals surface area (Å²) >= 11 is 0. The number of nitrogens with zero attached hydrogens (tertiary/aromatic N) is 3. The number of benzene rings is 1. The largest absolute Gasteiger partial charge is 0.341 e. The minimum Gasteiger partial charge on any atom is -0.341 e. The van der Waals surface area contributed by atoms with E-state index in [0.717, 1.165) is 5.56 Å². The molecule has 1 aromatic rings. The smallest absolute Gasteiger partial charge is 0.236 e. The Labute approximate surface area is 124 Å². The van der Waals surface area contributed by atoms with Gasteiger partial charge in [0.2, 0.25) is 5.91 Å². The van der Waals surface area contributed by atoms with E-state index in [1.54, 1.807) is 11.0 Å². The molecule has 0 N–H and O–H groups in total. The summed E-state index contributed by atoms with van der Waals surface area (Å²) < 4.78 is 0. The highest BCUT2D eigenvalue weighted by Crippen LogP contribution is 2.09. The normalized spacial score (nSPS) is 15.1. The number of amides is 1. The summed E-state index contributed by atoms with van der Waals surface area (Å²) in [5.74, 6) is 0.294. The predicted octanol–water partition coefficient (Wildman–Crippen LogP) is 1.18. The van der Waals surface area contributed by atoms with Gasteiger partial charge in [0.25, 0.3) is 0 Å². The van der Waals surface area contributed by atoms with E-state index in [9.17, 15) is 9.59 Å². The molecule has 0 spiro atoms. The lowest BCUT2D eigenvalue weighted by Gasteiger charge is -2.28. The summed E-state index contributed by atoms with van der Waals surface area (Å²) in [7, 11) is 1.88. The molecule has 0 saturated carbocycles. The van der Waals surface area contributed by atoms with Gasteiger partial charge in [-0.3, -0.25) is 14.5 Å². The number of hydrogen-bond donors (Lipinski definition) is 0. The van der Waals surface area contributed by atoms with Crippen LogP contribution in [0.25, 0.3) is 0 Å². The predicted molar refractivity (Wildman–Crippen MR) is 78.3 cm³/mol. The second kappa shape index (κ2) is 7.00. The first-order valence-corrected chi connectivity index (χ1v) is 7.05. The van der Waals surface area contributed by atoms with Crippen molar-refractivity contribution in [3.8, 4) is 6.07 Å². The lowest BCUT2D eigenvalue weighted by atomic mass is 10.1. The van der Waals surface area contributed by atoms with Gasteiger partial charge in [-0.15, -0.1) is 0 Å².